The number of hydrogen-bond donors (Lipinski definition) is 1. The standard InChI is InChI=1S/C4H10O3S4.2Na/c1-8-10-9-3-2-4-11(5,6)7;;/h2-4H2,1H3,(H,5,6,7);;. The first-order valence-electron chi connectivity index (χ1n) is 2.83. The van der Waals surface area contributed by atoms with Crippen molar-refractivity contribution in [2.75, 3.05) is 17.8 Å². The minimum absolute atomic E-state index is 0. The molecule has 0 saturated heterocycles. The van der Waals surface area contributed by atoms with Gasteiger partial charge >= 0.3 is 0 Å². The Hall–Kier alpha value is 2.96. The molecule has 0 aromatic carbocycles. The zero-order valence-corrected chi connectivity index (χ0v) is 15.3. The predicted molar refractivity (Wildman–Crippen MR) is 66.1 cm³/mol. The van der Waals surface area contributed by atoms with Crippen molar-refractivity contribution in [2.24, 2.45) is 0 Å². The van der Waals surface area contributed by atoms with Gasteiger partial charge in [-0.25, -0.2) is 0 Å². The molecule has 0 aromatic rings. The van der Waals surface area contributed by atoms with Gasteiger partial charge in [-0.2, -0.15) is 8.42 Å². The van der Waals surface area contributed by atoms with Crippen LogP contribution in [0.4, 0.5) is 0 Å². The van der Waals surface area contributed by atoms with Crippen LogP contribution in [0.5, 0.6) is 0 Å². The summed E-state index contributed by atoms with van der Waals surface area (Å²) in [5.74, 6) is 0.625. The van der Waals surface area contributed by atoms with E-state index in [4.69, 9.17) is 4.55 Å². The molecule has 0 bridgehead atoms. The van der Waals surface area contributed by atoms with E-state index in [0.717, 1.165) is 5.75 Å². The molecule has 0 fully saturated rings. The van der Waals surface area contributed by atoms with Gasteiger partial charge in [-0.1, -0.05) is 21.6 Å². The molecule has 0 spiro atoms. The summed E-state index contributed by atoms with van der Waals surface area (Å²) in [4.78, 5) is 0. The quantitative estimate of drug-likeness (QED) is 0.341. The second kappa shape index (κ2) is 13.0. The van der Waals surface area contributed by atoms with Crippen molar-refractivity contribution in [2.45, 2.75) is 6.42 Å². The van der Waals surface area contributed by atoms with Crippen molar-refractivity contribution in [3.05, 3.63) is 0 Å². The van der Waals surface area contributed by atoms with E-state index in [9.17, 15) is 8.42 Å². The molecule has 9 heteroatoms. The van der Waals surface area contributed by atoms with Crippen LogP contribution in [0.2, 0.25) is 0 Å². The Bertz CT molecular complexity index is 184. The third-order valence-electron chi connectivity index (χ3n) is 0.746. The predicted octanol–water partition coefficient (Wildman–Crippen LogP) is 1.16. The normalized spacial score (nSPS) is 10.0. The molecule has 0 saturated carbocycles. The maximum Gasteiger partial charge on any atom is 0.264 e. The molecule has 0 aliphatic heterocycles. The second-order valence-corrected chi connectivity index (χ2v) is 7.72. The Balaban J connectivity index is -0.000000500. The van der Waals surface area contributed by atoms with Gasteiger partial charge in [0, 0.05) is 64.9 Å². The van der Waals surface area contributed by atoms with Crippen LogP contribution in [0.1, 0.15) is 6.42 Å². The summed E-state index contributed by atoms with van der Waals surface area (Å²) < 4.78 is 28.7. The molecule has 13 heavy (non-hydrogen) atoms. The minimum atomic E-state index is -3.74. The average molecular weight is 280 g/mol. The molecule has 0 heterocycles. The van der Waals surface area contributed by atoms with E-state index >= 15 is 0 Å². The van der Waals surface area contributed by atoms with E-state index < -0.39 is 10.1 Å². The van der Waals surface area contributed by atoms with Crippen LogP contribution in [-0.2, 0) is 10.1 Å². The van der Waals surface area contributed by atoms with Crippen LogP contribution in [-0.4, -0.2) is 89.8 Å². The maximum atomic E-state index is 10.2. The van der Waals surface area contributed by atoms with Crippen molar-refractivity contribution in [3.63, 3.8) is 0 Å². The van der Waals surface area contributed by atoms with Gasteiger partial charge in [-0.05, 0) is 22.5 Å². The Morgan fingerprint density at radius 3 is 2.23 bits per heavy atom. The van der Waals surface area contributed by atoms with Gasteiger partial charge in [-0.15, -0.1) is 0 Å². The van der Waals surface area contributed by atoms with Gasteiger partial charge in [0.2, 0.25) is 0 Å². The first-order chi connectivity index (χ1) is 5.06. The Kier molecular flexibility index (Phi) is 21.3. The fraction of sp³-hybridized carbons (Fsp3) is 1.00. The first-order valence-corrected chi connectivity index (χ1v) is 8.50. The van der Waals surface area contributed by atoms with E-state index in [2.05, 4.69) is 0 Å². The van der Waals surface area contributed by atoms with Gasteiger partial charge in [0.25, 0.3) is 10.1 Å². The number of hydrogen-bond acceptors (Lipinski definition) is 5. The SMILES string of the molecule is CSSSCCCS(=O)(=O)O.[Na].[Na]. The fourth-order valence-electron chi connectivity index (χ4n) is 0.382. The Labute approximate surface area is 135 Å². The molecule has 0 aliphatic carbocycles. The fourth-order valence-corrected chi connectivity index (χ4v) is 3.83. The monoisotopic (exact) mass is 280 g/mol. The van der Waals surface area contributed by atoms with Crippen LogP contribution in [0, 0.1) is 0 Å². The topological polar surface area (TPSA) is 54.4 Å². The molecule has 0 aliphatic rings. The second-order valence-electron chi connectivity index (χ2n) is 1.70. The van der Waals surface area contributed by atoms with Crippen LogP contribution in [0.3, 0.4) is 0 Å². The largest absolute Gasteiger partial charge is 0.286 e. The van der Waals surface area contributed by atoms with E-state index in [1.165, 1.54) is 0 Å². The summed E-state index contributed by atoms with van der Waals surface area (Å²) in [5, 5.41) is 0. The molecule has 70 valence electrons. The van der Waals surface area contributed by atoms with Gasteiger partial charge in [0.15, 0.2) is 0 Å². The molecule has 0 amide bonds. The summed E-state index contributed by atoms with van der Waals surface area (Å²) >= 11 is 0. The van der Waals surface area contributed by atoms with Crippen molar-refractivity contribution in [1.82, 2.24) is 0 Å². The maximum absolute atomic E-state index is 10.2. The summed E-state index contributed by atoms with van der Waals surface area (Å²) in [6.45, 7) is 0. The minimum Gasteiger partial charge on any atom is -0.286 e. The summed E-state index contributed by atoms with van der Waals surface area (Å²) in [6.07, 6.45) is 2.47. The van der Waals surface area contributed by atoms with Crippen LogP contribution < -0.4 is 0 Å². The molecule has 2 radical (unpaired) electrons. The summed E-state index contributed by atoms with van der Waals surface area (Å²) in [6, 6.07) is 0. The van der Waals surface area contributed by atoms with Crippen molar-refractivity contribution in [1.29, 1.82) is 0 Å². The van der Waals surface area contributed by atoms with Crippen LogP contribution in [0.15, 0.2) is 0 Å². The average Bonchev–Trinajstić information content (AvgIpc) is 1.85. The third kappa shape index (κ3) is 20.9. The molecule has 3 nitrogen and oxygen atoms in total. The van der Waals surface area contributed by atoms with E-state index in [-0.39, 0.29) is 64.9 Å². The summed E-state index contributed by atoms with van der Waals surface area (Å²) in [7, 11) is 1.10. The Morgan fingerprint density at radius 2 is 1.85 bits per heavy atom. The van der Waals surface area contributed by atoms with Gasteiger partial charge in [-0.3, -0.25) is 4.55 Å². The van der Waals surface area contributed by atoms with Crippen LogP contribution >= 0.6 is 31.4 Å². The first kappa shape index (κ1) is 21.3. The smallest absolute Gasteiger partial charge is 0.264 e. The van der Waals surface area contributed by atoms with Gasteiger partial charge in [0.1, 0.15) is 0 Å². The van der Waals surface area contributed by atoms with E-state index in [0.29, 0.717) is 6.42 Å². The number of rotatable bonds is 6. The van der Waals surface area contributed by atoms with Crippen molar-refractivity contribution in [3.8, 4) is 0 Å². The Morgan fingerprint density at radius 1 is 1.31 bits per heavy atom. The van der Waals surface area contributed by atoms with Crippen molar-refractivity contribution < 1.29 is 13.0 Å². The van der Waals surface area contributed by atoms with Crippen LogP contribution in [0.25, 0.3) is 0 Å². The zero-order chi connectivity index (χ0) is 8.74. The summed E-state index contributed by atoms with van der Waals surface area (Å²) in [5.41, 5.74) is 0. The zero-order valence-electron chi connectivity index (χ0n) is 8.02. The molecule has 0 atom stereocenters. The molecule has 0 unspecified atom stereocenters. The third-order valence-corrected chi connectivity index (χ3v) is 5.53. The van der Waals surface area contributed by atoms with Crippen molar-refractivity contribution >= 4 is 101 Å². The van der Waals surface area contributed by atoms with Gasteiger partial charge in [0.05, 0.1) is 5.75 Å². The van der Waals surface area contributed by atoms with E-state index in [1.807, 2.05) is 6.26 Å². The molecule has 0 rings (SSSR count). The molecule has 0 aromatic heterocycles. The van der Waals surface area contributed by atoms with Gasteiger partial charge < -0.3 is 0 Å². The molecule has 1 N–H and O–H groups in total. The molecular formula is C4H10Na2O3S4. The van der Waals surface area contributed by atoms with E-state index in [1.54, 1.807) is 31.4 Å². The molecular weight excluding hydrogens is 270 g/mol.